The minimum atomic E-state index is -0.244. The molecule has 1 aromatic heterocycles. The molecular formula is C23H25N3O3. The van der Waals surface area contributed by atoms with Gasteiger partial charge in [0.15, 0.2) is 0 Å². The molecule has 0 spiro atoms. The van der Waals surface area contributed by atoms with E-state index in [2.05, 4.69) is 15.6 Å². The topological polar surface area (TPSA) is 72.5 Å². The van der Waals surface area contributed by atoms with E-state index in [0.29, 0.717) is 28.6 Å². The highest BCUT2D eigenvalue weighted by Gasteiger charge is 2.12. The van der Waals surface area contributed by atoms with Crippen LogP contribution in [0.2, 0.25) is 0 Å². The summed E-state index contributed by atoms with van der Waals surface area (Å²) in [4.78, 5) is 17.1. The number of anilines is 3. The van der Waals surface area contributed by atoms with Crippen molar-refractivity contribution in [1.82, 2.24) is 4.98 Å². The maximum Gasteiger partial charge on any atom is 0.255 e. The van der Waals surface area contributed by atoms with Gasteiger partial charge in [0.25, 0.3) is 5.91 Å². The van der Waals surface area contributed by atoms with Crippen molar-refractivity contribution in [3.8, 4) is 11.5 Å². The van der Waals surface area contributed by atoms with Crippen molar-refractivity contribution in [2.24, 2.45) is 0 Å². The van der Waals surface area contributed by atoms with Crippen LogP contribution < -0.4 is 20.1 Å². The molecule has 2 aromatic carbocycles. The van der Waals surface area contributed by atoms with Crippen LogP contribution in [0.5, 0.6) is 11.5 Å². The van der Waals surface area contributed by atoms with Gasteiger partial charge in [-0.1, -0.05) is 18.2 Å². The quantitative estimate of drug-likeness (QED) is 0.580. The maximum absolute atomic E-state index is 12.8. The fourth-order valence-electron chi connectivity index (χ4n) is 2.82. The Hall–Kier alpha value is -3.54. The summed E-state index contributed by atoms with van der Waals surface area (Å²) in [5.41, 5.74) is 2.98. The monoisotopic (exact) mass is 391 g/mol. The number of hydrogen-bond donors (Lipinski definition) is 2. The van der Waals surface area contributed by atoms with Gasteiger partial charge >= 0.3 is 0 Å². The van der Waals surface area contributed by atoms with E-state index >= 15 is 0 Å². The lowest BCUT2D eigenvalue weighted by molar-refractivity contribution is 0.102. The van der Waals surface area contributed by atoms with E-state index < -0.39 is 0 Å². The number of rotatable bonds is 7. The lowest BCUT2D eigenvalue weighted by atomic mass is 10.2. The highest BCUT2D eigenvalue weighted by Crippen LogP contribution is 2.29. The molecule has 2 N–H and O–H groups in total. The first kappa shape index (κ1) is 20.2. The van der Waals surface area contributed by atoms with Crippen LogP contribution in [0.4, 0.5) is 17.2 Å². The predicted octanol–water partition coefficient (Wildman–Crippen LogP) is 5.18. The summed E-state index contributed by atoms with van der Waals surface area (Å²) in [6.45, 7) is 5.89. The molecule has 0 saturated heterocycles. The number of nitrogens with zero attached hydrogens (tertiary/aromatic N) is 1. The van der Waals surface area contributed by atoms with Crippen molar-refractivity contribution in [3.63, 3.8) is 0 Å². The fourth-order valence-corrected chi connectivity index (χ4v) is 2.82. The van der Waals surface area contributed by atoms with Crippen LogP contribution in [-0.2, 0) is 0 Å². The van der Waals surface area contributed by atoms with Gasteiger partial charge in [-0.25, -0.2) is 4.98 Å². The Kier molecular flexibility index (Phi) is 6.34. The molecule has 6 heteroatoms. The van der Waals surface area contributed by atoms with Gasteiger partial charge in [-0.2, -0.15) is 0 Å². The first-order valence-electron chi connectivity index (χ1n) is 9.41. The number of aromatic nitrogens is 1. The molecule has 0 atom stereocenters. The van der Waals surface area contributed by atoms with E-state index in [4.69, 9.17) is 9.47 Å². The third-order valence-electron chi connectivity index (χ3n) is 4.14. The Morgan fingerprint density at radius 2 is 1.79 bits per heavy atom. The molecule has 150 valence electrons. The highest BCUT2D eigenvalue weighted by atomic mass is 16.5. The number of pyridine rings is 1. The van der Waals surface area contributed by atoms with Gasteiger partial charge in [0.1, 0.15) is 17.3 Å². The Morgan fingerprint density at radius 1 is 1.00 bits per heavy atom. The summed E-state index contributed by atoms with van der Waals surface area (Å²) in [5.74, 6) is 1.64. The van der Waals surface area contributed by atoms with Crippen molar-refractivity contribution in [2.75, 3.05) is 17.7 Å². The molecule has 0 saturated carbocycles. The van der Waals surface area contributed by atoms with Crippen LogP contribution in [0.15, 0.2) is 60.8 Å². The number of para-hydroxylation sites is 2. The largest absolute Gasteiger partial charge is 0.495 e. The second-order valence-corrected chi connectivity index (χ2v) is 6.88. The average Bonchev–Trinajstić information content (AvgIpc) is 2.69. The molecular weight excluding hydrogens is 366 g/mol. The van der Waals surface area contributed by atoms with Crippen LogP contribution in [0, 0.1) is 6.92 Å². The van der Waals surface area contributed by atoms with Crippen LogP contribution in [0.1, 0.15) is 29.8 Å². The number of carbonyl (C=O) groups excluding carboxylic acids is 1. The fraction of sp³-hybridized carbons (Fsp3) is 0.217. The normalized spacial score (nSPS) is 10.5. The molecule has 6 nitrogen and oxygen atoms in total. The number of hydrogen-bond acceptors (Lipinski definition) is 5. The second-order valence-electron chi connectivity index (χ2n) is 6.88. The minimum Gasteiger partial charge on any atom is -0.495 e. The van der Waals surface area contributed by atoms with Gasteiger partial charge in [0.05, 0.1) is 24.6 Å². The summed E-state index contributed by atoms with van der Waals surface area (Å²) >= 11 is 0. The molecule has 0 fully saturated rings. The highest BCUT2D eigenvalue weighted by molar-refractivity contribution is 6.05. The predicted molar refractivity (Wildman–Crippen MR) is 115 cm³/mol. The van der Waals surface area contributed by atoms with Crippen molar-refractivity contribution < 1.29 is 14.3 Å². The maximum atomic E-state index is 12.8. The number of amides is 1. The lowest BCUT2D eigenvalue weighted by Crippen LogP contribution is -2.15. The standard InChI is InChI=1S/C23H25N3O3/c1-15(2)29-21-8-6-5-7-18(21)26-23(27)17-11-12-24-22(14-17)25-19-13-16(3)9-10-20(19)28-4/h5-15H,1-4H3,(H,24,25)(H,26,27). The number of aryl methyl sites for hydroxylation is 1. The van der Waals surface area contributed by atoms with Crippen molar-refractivity contribution >= 4 is 23.1 Å². The molecule has 0 unspecified atom stereocenters. The van der Waals surface area contributed by atoms with Crippen LogP contribution in [0.25, 0.3) is 0 Å². The van der Waals surface area contributed by atoms with Crippen molar-refractivity contribution in [3.05, 3.63) is 71.9 Å². The first-order valence-corrected chi connectivity index (χ1v) is 9.41. The van der Waals surface area contributed by atoms with E-state index in [1.807, 2.05) is 63.2 Å². The smallest absolute Gasteiger partial charge is 0.255 e. The number of methoxy groups -OCH3 is 1. The van der Waals surface area contributed by atoms with E-state index in [0.717, 1.165) is 11.3 Å². The molecule has 0 bridgehead atoms. The Bertz CT molecular complexity index is 1000. The molecule has 0 aliphatic heterocycles. The van der Waals surface area contributed by atoms with Crippen LogP contribution in [0.3, 0.4) is 0 Å². The zero-order valence-electron chi connectivity index (χ0n) is 17.0. The lowest BCUT2D eigenvalue weighted by Gasteiger charge is -2.15. The minimum absolute atomic E-state index is 0.00842. The van der Waals surface area contributed by atoms with Crippen molar-refractivity contribution in [2.45, 2.75) is 26.9 Å². The Balaban J connectivity index is 1.80. The zero-order valence-corrected chi connectivity index (χ0v) is 17.0. The molecule has 0 aliphatic carbocycles. The number of carbonyl (C=O) groups is 1. The zero-order chi connectivity index (χ0) is 20.8. The van der Waals surface area contributed by atoms with Gasteiger partial charge in [0.2, 0.25) is 0 Å². The number of ether oxygens (including phenoxy) is 2. The SMILES string of the molecule is COc1ccc(C)cc1Nc1cc(C(=O)Nc2ccccc2OC(C)C)ccn1. The molecule has 29 heavy (non-hydrogen) atoms. The summed E-state index contributed by atoms with van der Waals surface area (Å²) in [6.07, 6.45) is 1.60. The molecule has 3 aromatic rings. The third-order valence-corrected chi connectivity index (χ3v) is 4.14. The van der Waals surface area contributed by atoms with E-state index in [9.17, 15) is 4.79 Å². The van der Waals surface area contributed by atoms with Gasteiger partial charge in [0, 0.05) is 11.8 Å². The summed E-state index contributed by atoms with van der Waals surface area (Å²) in [7, 11) is 1.61. The molecule has 0 aliphatic rings. The van der Waals surface area contributed by atoms with Gasteiger partial charge in [-0.15, -0.1) is 0 Å². The van der Waals surface area contributed by atoms with E-state index in [1.165, 1.54) is 0 Å². The first-order chi connectivity index (χ1) is 14.0. The molecule has 3 rings (SSSR count). The number of nitrogens with one attached hydrogen (secondary N) is 2. The van der Waals surface area contributed by atoms with Crippen LogP contribution in [-0.4, -0.2) is 24.1 Å². The van der Waals surface area contributed by atoms with Crippen LogP contribution >= 0.6 is 0 Å². The molecule has 1 heterocycles. The summed E-state index contributed by atoms with van der Waals surface area (Å²) in [5, 5.41) is 6.13. The Labute approximate surface area is 170 Å². The van der Waals surface area contributed by atoms with E-state index in [1.54, 1.807) is 25.4 Å². The Morgan fingerprint density at radius 3 is 2.55 bits per heavy atom. The van der Waals surface area contributed by atoms with E-state index in [-0.39, 0.29) is 12.0 Å². The van der Waals surface area contributed by atoms with Crippen molar-refractivity contribution in [1.29, 1.82) is 0 Å². The molecule has 0 radical (unpaired) electrons. The second kappa shape index (κ2) is 9.10. The summed E-state index contributed by atoms with van der Waals surface area (Å²) < 4.78 is 11.2. The third kappa shape index (κ3) is 5.25. The number of benzene rings is 2. The molecule has 1 amide bonds. The van der Waals surface area contributed by atoms with Gasteiger partial charge in [-0.05, 0) is 62.7 Å². The summed E-state index contributed by atoms with van der Waals surface area (Å²) in [6, 6.07) is 16.6. The van der Waals surface area contributed by atoms with Gasteiger partial charge < -0.3 is 20.1 Å². The average molecular weight is 391 g/mol. The van der Waals surface area contributed by atoms with Gasteiger partial charge in [-0.3, -0.25) is 4.79 Å².